The lowest BCUT2D eigenvalue weighted by Gasteiger charge is -2.12. The molecule has 8 heteroatoms. The molecule has 0 fully saturated rings. The summed E-state index contributed by atoms with van der Waals surface area (Å²) in [4.78, 5) is 21.6. The van der Waals surface area contributed by atoms with Crippen molar-refractivity contribution in [1.82, 2.24) is 15.1 Å². The molecule has 0 aliphatic heterocycles. The maximum atomic E-state index is 13.0. The number of nitrogens with one attached hydrogen (secondary N) is 1. The summed E-state index contributed by atoms with van der Waals surface area (Å²) in [5, 5.41) is 6.89. The number of carbonyl (C=O) groups is 1. The number of hydrogen-bond donors (Lipinski definition) is 2. The summed E-state index contributed by atoms with van der Waals surface area (Å²) < 4.78 is 10.7. The average Bonchev–Trinajstić information content (AvgIpc) is 3.16. The maximum Gasteiger partial charge on any atom is 0.261 e. The van der Waals surface area contributed by atoms with Crippen molar-refractivity contribution in [2.45, 2.75) is 6.92 Å². The second-order valence-corrected chi connectivity index (χ2v) is 6.50. The fourth-order valence-electron chi connectivity index (χ4n) is 3.08. The molecule has 1 amide bonds. The third-order valence-corrected chi connectivity index (χ3v) is 4.57. The van der Waals surface area contributed by atoms with Crippen molar-refractivity contribution in [2.24, 2.45) is 0 Å². The van der Waals surface area contributed by atoms with E-state index in [0.717, 1.165) is 5.56 Å². The lowest BCUT2D eigenvalue weighted by atomic mass is 10.1. The fraction of sp³-hybridized carbons (Fsp3) is 0.0909. The molecule has 0 saturated heterocycles. The quantitative estimate of drug-likeness (QED) is 0.520. The van der Waals surface area contributed by atoms with Gasteiger partial charge in [-0.25, -0.2) is 4.98 Å². The number of pyridine rings is 2. The second kappa shape index (κ2) is 8.04. The smallest absolute Gasteiger partial charge is 0.261 e. The summed E-state index contributed by atoms with van der Waals surface area (Å²) in [6.45, 7) is 1.69. The molecule has 0 atom stereocenters. The van der Waals surface area contributed by atoms with Gasteiger partial charge in [0.1, 0.15) is 22.7 Å². The molecule has 4 rings (SSSR count). The highest BCUT2D eigenvalue weighted by molar-refractivity contribution is 6.09. The largest absolute Gasteiger partial charge is 0.479 e. The molecule has 30 heavy (non-hydrogen) atoms. The zero-order valence-electron chi connectivity index (χ0n) is 16.4. The van der Waals surface area contributed by atoms with Gasteiger partial charge in [0.05, 0.1) is 12.8 Å². The SMILES string of the molecule is COc1nc(-c2cnccc2N)ccc1NC(=O)c1c(-c2ccccc2)noc1C. The Morgan fingerprint density at radius 3 is 2.67 bits per heavy atom. The third-order valence-electron chi connectivity index (χ3n) is 4.57. The summed E-state index contributed by atoms with van der Waals surface area (Å²) in [7, 11) is 1.48. The predicted molar refractivity (Wildman–Crippen MR) is 113 cm³/mol. The lowest BCUT2D eigenvalue weighted by Crippen LogP contribution is -2.14. The van der Waals surface area contributed by atoms with Gasteiger partial charge in [0.25, 0.3) is 5.91 Å². The van der Waals surface area contributed by atoms with Gasteiger partial charge >= 0.3 is 0 Å². The molecule has 3 N–H and O–H groups in total. The molecule has 0 spiro atoms. The van der Waals surface area contributed by atoms with E-state index in [2.05, 4.69) is 20.4 Å². The highest BCUT2D eigenvalue weighted by Gasteiger charge is 2.23. The number of carbonyl (C=O) groups excluding carboxylic acids is 1. The van der Waals surface area contributed by atoms with E-state index in [1.165, 1.54) is 7.11 Å². The van der Waals surface area contributed by atoms with Gasteiger partial charge in [0.15, 0.2) is 0 Å². The first-order valence-corrected chi connectivity index (χ1v) is 9.16. The number of aromatic nitrogens is 3. The van der Waals surface area contributed by atoms with Crippen LogP contribution >= 0.6 is 0 Å². The van der Waals surface area contributed by atoms with E-state index in [9.17, 15) is 4.79 Å². The summed E-state index contributed by atoms with van der Waals surface area (Å²) in [5.74, 6) is 0.291. The van der Waals surface area contributed by atoms with Gasteiger partial charge in [-0.2, -0.15) is 0 Å². The van der Waals surface area contributed by atoms with Crippen molar-refractivity contribution in [3.63, 3.8) is 0 Å². The first-order valence-electron chi connectivity index (χ1n) is 9.16. The standard InChI is InChI=1S/C22H19N5O3/c1-13-19(20(27-30-13)14-6-4-3-5-7-14)21(28)25-18-9-8-17(26-22(18)29-2)15-12-24-11-10-16(15)23/h3-12H,1-2H3,(H2,23,24)(H,25,28). The molecule has 0 saturated carbocycles. The Kier molecular flexibility index (Phi) is 5.13. The summed E-state index contributed by atoms with van der Waals surface area (Å²) in [6.07, 6.45) is 3.23. The summed E-state index contributed by atoms with van der Waals surface area (Å²) in [5.41, 5.74) is 9.83. The van der Waals surface area contributed by atoms with E-state index >= 15 is 0 Å². The van der Waals surface area contributed by atoms with Crippen LogP contribution in [0, 0.1) is 6.92 Å². The molecule has 4 aromatic rings. The van der Waals surface area contributed by atoms with Crippen LogP contribution in [0.25, 0.3) is 22.5 Å². The Morgan fingerprint density at radius 2 is 1.93 bits per heavy atom. The molecule has 3 heterocycles. The number of nitrogens with zero attached hydrogens (tertiary/aromatic N) is 3. The number of methoxy groups -OCH3 is 1. The van der Waals surface area contributed by atoms with E-state index in [4.69, 9.17) is 15.0 Å². The molecule has 150 valence electrons. The van der Waals surface area contributed by atoms with Crippen molar-refractivity contribution in [3.8, 4) is 28.4 Å². The van der Waals surface area contributed by atoms with Crippen LogP contribution in [0.15, 0.2) is 65.4 Å². The highest BCUT2D eigenvalue weighted by atomic mass is 16.5. The van der Waals surface area contributed by atoms with Gasteiger partial charge < -0.3 is 20.3 Å². The molecule has 0 aliphatic carbocycles. The van der Waals surface area contributed by atoms with E-state index < -0.39 is 0 Å². The Balaban J connectivity index is 1.66. The zero-order valence-corrected chi connectivity index (χ0v) is 16.4. The molecular formula is C22H19N5O3. The van der Waals surface area contributed by atoms with Crippen LogP contribution in [-0.2, 0) is 0 Å². The number of rotatable bonds is 5. The van der Waals surface area contributed by atoms with Crippen LogP contribution in [-0.4, -0.2) is 28.1 Å². The van der Waals surface area contributed by atoms with Crippen LogP contribution < -0.4 is 15.8 Å². The van der Waals surface area contributed by atoms with E-state index in [1.54, 1.807) is 37.5 Å². The average molecular weight is 401 g/mol. The second-order valence-electron chi connectivity index (χ2n) is 6.50. The number of nitrogen functional groups attached to an aromatic ring is 1. The molecule has 0 unspecified atom stereocenters. The maximum absolute atomic E-state index is 13.0. The van der Waals surface area contributed by atoms with Crippen LogP contribution in [0.3, 0.4) is 0 Å². The molecule has 0 aliphatic rings. The Morgan fingerprint density at radius 1 is 1.13 bits per heavy atom. The summed E-state index contributed by atoms with van der Waals surface area (Å²) in [6, 6.07) is 14.5. The van der Waals surface area contributed by atoms with Crippen molar-refractivity contribution in [1.29, 1.82) is 0 Å². The molecular weight excluding hydrogens is 382 g/mol. The van der Waals surface area contributed by atoms with Crippen LogP contribution in [0.1, 0.15) is 16.1 Å². The number of ether oxygens (including phenoxy) is 1. The van der Waals surface area contributed by atoms with E-state index in [1.807, 2.05) is 30.3 Å². The first kappa shape index (κ1) is 19.1. The number of benzene rings is 1. The van der Waals surface area contributed by atoms with Crippen LogP contribution in [0.2, 0.25) is 0 Å². The molecule has 0 bridgehead atoms. The molecule has 1 aromatic carbocycles. The van der Waals surface area contributed by atoms with Gasteiger partial charge in [0.2, 0.25) is 5.88 Å². The van der Waals surface area contributed by atoms with Gasteiger partial charge in [-0.15, -0.1) is 0 Å². The third kappa shape index (κ3) is 3.58. The number of hydrogen-bond acceptors (Lipinski definition) is 7. The topological polar surface area (TPSA) is 116 Å². The van der Waals surface area contributed by atoms with Gasteiger partial charge in [-0.3, -0.25) is 9.78 Å². The van der Waals surface area contributed by atoms with Crippen LogP contribution in [0.4, 0.5) is 11.4 Å². The Labute approximate surface area is 172 Å². The molecule has 0 radical (unpaired) electrons. The van der Waals surface area contributed by atoms with E-state index in [0.29, 0.717) is 39.6 Å². The number of amides is 1. The van der Waals surface area contributed by atoms with Gasteiger partial charge in [-0.1, -0.05) is 35.5 Å². The number of nitrogens with two attached hydrogens (primary N) is 1. The van der Waals surface area contributed by atoms with Gasteiger partial charge in [-0.05, 0) is 25.1 Å². The molecule has 3 aromatic heterocycles. The fourth-order valence-corrected chi connectivity index (χ4v) is 3.08. The van der Waals surface area contributed by atoms with E-state index in [-0.39, 0.29) is 11.8 Å². The highest BCUT2D eigenvalue weighted by Crippen LogP contribution is 2.31. The Bertz CT molecular complexity index is 1200. The lowest BCUT2D eigenvalue weighted by molar-refractivity contribution is 0.102. The van der Waals surface area contributed by atoms with Crippen molar-refractivity contribution >= 4 is 17.3 Å². The van der Waals surface area contributed by atoms with Crippen molar-refractivity contribution in [2.75, 3.05) is 18.2 Å². The zero-order chi connectivity index (χ0) is 21.1. The minimum absolute atomic E-state index is 0.250. The minimum Gasteiger partial charge on any atom is -0.479 e. The normalized spacial score (nSPS) is 10.6. The predicted octanol–water partition coefficient (Wildman–Crippen LogP) is 3.95. The van der Waals surface area contributed by atoms with Crippen molar-refractivity contribution in [3.05, 3.63) is 72.2 Å². The summed E-state index contributed by atoms with van der Waals surface area (Å²) >= 11 is 0. The number of anilines is 2. The van der Waals surface area contributed by atoms with Crippen molar-refractivity contribution < 1.29 is 14.1 Å². The Hall–Kier alpha value is -4.20. The van der Waals surface area contributed by atoms with Gasteiger partial charge in [0, 0.05) is 29.2 Å². The minimum atomic E-state index is -0.374. The monoisotopic (exact) mass is 401 g/mol. The van der Waals surface area contributed by atoms with Crippen LogP contribution in [0.5, 0.6) is 5.88 Å². The first-order chi connectivity index (χ1) is 14.6. The molecule has 8 nitrogen and oxygen atoms in total. The number of aryl methyl sites for hydroxylation is 1.